The van der Waals surface area contributed by atoms with Crippen LogP contribution >= 0.6 is 0 Å². The van der Waals surface area contributed by atoms with Gasteiger partial charge in [0.25, 0.3) is 0 Å². The molecule has 13 heteroatoms. The molecule has 3 aromatic heterocycles. The van der Waals surface area contributed by atoms with E-state index in [2.05, 4.69) is 24.9 Å². The Labute approximate surface area is 167 Å². The number of ether oxygens (including phenoxy) is 2. The summed E-state index contributed by atoms with van der Waals surface area (Å²) in [6.07, 6.45) is -3.75. The van der Waals surface area contributed by atoms with Crippen LogP contribution in [0.4, 0.5) is 24.9 Å². The number of alkyl halides is 3. The number of fused-ring (bicyclic) bond motifs is 3. The molecule has 0 bridgehead atoms. The minimum absolute atomic E-state index is 0.0973. The Hall–Kier alpha value is -3.06. The van der Waals surface area contributed by atoms with Crippen LogP contribution in [-0.4, -0.2) is 68.6 Å². The van der Waals surface area contributed by atoms with Crippen LogP contribution in [-0.2, 0) is 16.0 Å². The van der Waals surface area contributed by atoms with Crippen molar-refractivity contribution in [1.29, 1.82) is 0 Å². The fraction of sp³-hybridized carbons (Fsp3) is 0.471. The average Bonchev–Trinajstić information content (AvgIpc) is 3.12. The number of nitrogens with two attached hydrogens (primary N) is 1. The van der Waals surface area contributed by atoms with E-state index in [0.717, 1.165) is 0 Å². The molecule has 5 rings (SSSR count). The maximum atomic E-state index is 13.5. The number of morpholine rings is 1. The van der Waals surface area contributed by atoms with E-state index in [1.54, 1.807) is 0 Å². The van der Waals surface area contributed by atoms with Gasteiger partial charge in [-0.05, 0) is 0 Å². The lowest BCUT2D eigenvalue weighted by Crippen LogP contribution is -2.37. The van der Waals surface area contributed by atoms with Gasteiger partial charge in [-0.15, -0.1) is 0 Å². The summed E-state index contributed by atoms with van der Waals surface area (Å²) < 4.78 is 52.4. The number of halogens is 3. The van der Waals surface area contributed by atoms with Gasteiger partial charge in [-0.2, -0.15) is 13.2 Å². The highest BCUT2D eigenvalue weighted by Gasteiger charge is 2.47. The number of aromatic nitrogens is 6. The maximum Gasteiger partial charge on any atom is 0.421 e. The number of rotatable bonds is 2. The number of nitrogens with zero attached hydrogens (tertiary/aromatic N) is 7. The molecule has 0 amide bonds. The summed E-state index contributed by atoms with van der Waals surface area (Å²) in [4.78, 5) is 23.2. The summed E-state index contributed by atoms with van der Waals surface area (Å²) >= 11 is 0. The van der Waals surface area contributed by atoms with Crippen LogP contribution in [0.5, 0.6) is 0 Å². The molecule has 2 aliphatic heterocycles. The normalized spacial score (nSPS) is 19.8. The van der Waals surface area contributed by atoms with Crippen molar-refractivity contribution < 1.29 is 22.6 Å². The molecule has 3 aromatic rings. The van der Waals surface area contributed by atoms with Gasteiger partial charge in [0.2, 0.25) is 12.1 Å². The first-order valence-corrected chi connectivity index (χ1v) is 9.29. The third-order valence-corrected chi connectivity index (χ3v) is 4.98. The number of anilines is 2. The standard InChI is InChI=1S/C17H17F3N8O2/c18-17(19,20)11-15-24-10-13(27-1-4-29-5-2-27)25-12(9-7-22-16(21)23-8-9)26-14(10)28(15)3-6-30-11/h7-8,11H,1-6H2,(H2,21,22,23). The van der Waals surface area contributed by atoms with Crippen molar-refractivity contribution >= 4 is 22.9 Å². The third kappa shape index (κ3) is 3.19. The Kier molecular flexibility index (Phi) is 4.43. The quantitative estimate of drug-likeness (QED) is 0.653. The minimum atomic E-state index is -4.58. The smallest absolute Gasteiger partial charge is 0.378 e. The molecule has 0 aliphatic carbocycles. The predicted octanol–water partition coefficient (Wildman–Crippen LogP) is 1.34. The van der Waals surface area contributed by atoms with E-state index in [-0.39, 0.29) is 30.7 Å². The highest BCUT2D eigenvalue weighted by molar-refractivity contribution is 5.86. The topological polar surface area (TPSA) is 117 Å². The number of hydrogen-bond acceptors (Lipinski definition) is 9. The first-order valence-electron chi connectivity index (χ1n) is 9.29. The fourth-order valence-electron chi connectivity index (χ4n) is 3.58. The van der Waals surface area contributed by atoms with Crippen LogP contribution in [0.2, 0.25) is 0 Å². The number of imidazole rings is 1. The zero-order chi connectivity index (χ0) is 20.9. The van der Waals surface area contributed by atoms with Gasteiger partial charge in [-0.25, -0.2) is 24.9 Å². The highest BCUT2D eigenvalue weighted by atomic mass is 19.4. The molecule has 1 saturated heterocycles. The van der Waals surface area contributed by atoms with Gasteiger partial charge in [-0.1, -0.05) is 0 Å². The van der Waals surface area contributed by atoms with Crippen molar-refractivity contribution in [3.8, 4) is 11.4 Å². The molecule has 10 nitrogen and oxygen atoms in total. The molecule has 1 unspecified atom stereocenters. The largest absolute Gasteiger partial charge is 0.421 e. The summed E-state index contributed by atoms with van der Waals surface area (Å²) in [5.74, 6) is 0.595. The molecular formula is C17H17F3N8O2. The molecule has 0 saturated carbocycles. The Morgan fingerprint density at radius 3 is 2.43 bits per heavy atom. The van der Waals surface area contributed by atoms with Crippen LogP contribution in [0, 0.1) is 0 Å². The molecule has 0 aromatic carbocycles. The van der Waals surface area contributed by atoms with Crippen LogP contribution in [0.1, 0.15) is 11.9 Å². The minimum Gasteiger partial charge on any atom is -0.378 e. The summed E-state index contributed by atoms with van der Waals surface area (Å²) in [6, 6.07) is 0. The van der Waals surface area contributed by atoms with Crippen LogP contribution in [0.15, 0.2) is 12.4 Å². The van der Waals surface area contributed by atoms with E-state index in [1.165, 1.54) is 17.0 Å². The molecule has 2 N–H and O–H groups in total. The maximum absolute atomic E-state index is 13.5. The second kappa shape index (κ2) is 7.02. The van der Waals surface area contributed by atoms with E-state index in [4.69, 9.17) is 15.2 Å². The van der Waals surface area contributed by atoms with E-state index in [9.17, 15) is 13.2 Å². The van der Waals surface area contributed by atoms with Crippen LogP contribution < -0.4 is 10.6 Å². The van der Waals surface area contributed by atoms with Gasteiger partial charge in [0.15, 0.2) is 22.8 Å². The molecule has 0 radical (unpaired) electrons. The van der Waals surface area contributed by atoms with Gasteiger partial charge in [0.1, 0.15) is 5.82 Å². The first kappa shape index (κ1) is 18.9. The van der Waals surface area contributed by atoms with Gasteiger partial charge in [0, 0.05) is 32.0 Å². The fourth-order valence-corrected chi connectivity index (χ4v) is 3.58. The summed E-state index contributed by atoms with van der Waals surface area (Å²) in [5.41, 5.74) is 6.66. The molecule has 30 heavy (non-hydrogen) atoms. The van der Waals surface area contributed by atoms with Crippen molar-refractivity contribution in [2.45, 2.75) is 18.8 Å². The van der Waals surface area contributed by atoms with Gasteiger partial charge < -0.3 is 24.7 Å². The average molecular weight is 422 g/mol. The van der Waals surface area contributed by atoms with Crippen molar-refractivity contribution in [3.05, 3.63) is 18.2 Å². The van der Waals surface area contributed by atoms with E-state index in [1.807, 2.05) is 4.90 Å². The molecule has 1 fully saturated rings. The summed E-state index contributed by atoms with van der Waals surface area (Å²) in [6.45, 7) is 2.13. The Morgan fingerprint density at radius 1 is 1.00 bits per heavy atom. The molecule has 1 atom stereocenters. The Balaban J connectivity index is 1.73. The van der Waals surface area contributed by atoms with Crippen LogP contribution in [0.3, 0.4) is 0 Å². The van der Waals surface area contributed by atoms with E-state index < -0.39 is 12.3 Å². The highest BCUT2D eigenvalue weighted by Crippen LogP contribution is 2.40. The first-order chi connectivity index (χ1) is 14.4. The Bertz CT molecular complexity index is 1080. The molecular weight excluding hydrogens is 405 g/mol. The summed E-state index contributed by atoms with van der Waals surface area (Å²) in [5, 5.41) is 0. The second-order valence-electron chi connectivity index (χ2n) is 6.89. The van der Waals surface area contributed by atoms with Crippen molar-refractivity contribution in [2.24, 2.45) is 0 Å². The lowest BCUT2D eigenvalue weighted by atomic mass is 10.3. The molecule has 5 heterocycles. The van der Waals surface area contributed by atoms with Crippen molar-refractivity contribution in [1.82, 2.24) is 29.5 Å². The van der Waals surface area contributed by atoms with E-state index >= 15 is 0 Å². The van der Waals surface area contributed by atoms with E-state index in [0.29, 0.717) is 48.8 Å². The number of hydrogen-bond donors (Lipinski definition) is 1. The van der Waals surface area contributed by atoms with Gasteiger partial charge in [-0.3, -0.25) is 0 Å². The second-order valence-corrected chi connectivity index (χ2v) is 6.89. The predicted molar refractivity (Wildman–Crippen MR) is 98.5 cm³/mol. The van der Waals surface area contributed by atoms with Gasteiger partial charge in [0.05, 0.1) is 25.4 Å². The zero-order valence-electron chi connectivity index (χ0n) is 15.6. The Morgan fingerprint density at radius 2 is 1.73 bits per heavy atom. The lowest BCUT2D eigenvalue weighted by Gasteiger charge is -2.28. The lowest BCUT2D eigenvalue weighted by molar-refractivity contribution is -0.233. The van der Waals surface area contributed by atoms with Crippen molar-refractivity contribution in [3.63, 3.8) is 0 Å². The zero-order valence-corrected chi connectivity index (χ0v) is 15.6. The molecule has 2 aliphatic rings. The summed E-state index contributed by atoms with van der Waals surface area (Å²) in [7, 11) is 0. The van der Waals surface area contributed by atoms with Crippen molar-refractivity contribution in [2.75, 3.05) is 43.5 Å². The van der Waals surface area contributed by atoms with Gasteiger partial charge >= 0.3 is 6.18 Å². The van der Waals surface area contributed by atoms with Crippen LogP contribution in [0.25, 0.3) is 22.6 Å². The SMILES string of the molecule is Nc1ncc(-c2nc(N3CCOCC3)c3nc4n(c3n2)CCOC4C(F)(F)F)cn1. The number of nitrogen functional groups attached to an aromatic ring is 1. The third-order valence-electron chi connectivity index (χ3n) is 4.98. The monoisotopic (exact) mass is 422 g/mol. The molecule has 0 spiro atoms. The molecule has 158 valence electrons.